The molecule has 2 heterocycles. The van der Waals surface area contributed by atoms with Gasteiger partial charge in [0.15, 0.2) is 0 Å². The predicted octanol–water partition coefficient (Wildman–Crippen LogP) is 4.29. The van der Waals surface area contributed by atoms with Crippen molar-refractivity contribution in [3.63, 3.8) is 0 Å². The largest absolute Gasteiger partial charge is 0.353 e. The van der Waals surface area contributed by atoms with Crippen molar-refractivity contribution in [3.8, 4) is 6.07 Å². The van der Waals surface area contributed by atoms with Gasteiger partial charge >= 0.3 is 0 Å². The minimum Gasteiger partial charge on any atom is -0.353 e. The molecule has 1 aliphatic heterocycles. The quantitative estimate of drug-likeness (QED) is 0.777. The van der Waals surface area contributed by atoms with E-state index in [0.717, 1.165) is 55.9 Å². The molecule has 1 saturated carbocycles. The molecular weight excluding hydrogens is 378 g/mol. The summed E-state index contributed by atoms with van der Waals surface area (Å²) in [5, 5.41) is 16.4. The second-order valence-electron chi connectivity index (χ2n) is 8.50. The predicted molar refractivity (Wildman–Crippen MR) is 117 cm³/mol. The maximum absolute atomic E-state index is 12.2. The van der Waals surface area contributed by atoms with E-state index in [2.05, 4.69) is 33.8 Å². The summed E-state index contributed by atoms with van der Waals surface area (Å²) in [5.41, 5.74) is 4.62. The van der Waals surface area contributed by atoms with Gasteiger partial charge in [-0.1, -0.05) is 6.07 Å². The van der Waals surface area contributed by atoms with Gasteiger partial charge in [-0.05, 0) is 96.6 Å². The second kappa shape index (κ2) is 9.56. The molecule has 0 atom stereocenters. The second-order valence-corrected chi connectivity index (χ2v) is 9.28. The smallest absolute Gasteiger partial charge is 0.224 e. The highest BCUT2D eigenvalue weighted by atomic mass is 32.1. The van der Waals surface area contributed by atoms with E-state index in [0.29, 0.717) is 12.5 Å². The van der Waals surface area contributed by atoms with E-state index in [4.69, 9.17) is 5.26 Å². The van der Waals surface area contributed by atoms with E-state index in [1.54, 1.807) is 11.3 Å². The third-order valence-electron chi connectivity index (χ3n) is 6.44. The first-order valence-corrected chi connectivity index (χ1v) is 11.7. The van der Waals surface area contributed by atoms with Gasteiger partial charge in [0.2, 0.25) is 5.91 Å². The standard InChI is InChI=1S/C24H29N3OS/c25-15-19-1-4-22-16-27(11-8-21(22)13-19)10-7-18-2-5-23(6-3-18)26-24(28)14-20-9-12-29-17-20/h1,4,9,12-13,17-18,23H,2-3,5-8,10-11,14,16H2,(H,26,28). The molecule has 2 aliphatic rings. The Morgan fingerprint density at radius 2 is 2.07 bits per heavy atom. The molecule has 1 aromatic carbocycles. The Bertz CT molecular complexity index is 863. The number of rotatable bonds is 6. The van der Waals surface area contributed by atoms with Gasteiger partial charge < -0.3 is 5.32 Å². The molecule has 5 heteroatoms. The summed E-state index contributed by atoms with van der Waals surface area (Å²) in [6.07, 6.45) is 7.48. The van der Waals surface area contributed by atoms with Crippen LogP contribution >= 0.6 is 11.3 Å². The number of nitrogens with one attached hydrogen (secondary N) is 1. The summed E-state index contributed by atoms with van der Waals surface area (Å²) in [5.74, 6) is 0.945. The van der Waals surface area contributed by atoms with Crippen LogP contribution in [0.5, 0.6) is 0 Å². The molecule has 1 N–H and O–H groups in total. The van der Waals surface area contributed by atoms with Crippen molar-refractivity contribution in [3.05, 3.63) is 57.3 Å². The molecule has 0 spiro atoms. The summed E-state index contributed by atoms with van der Waals surface area (Å²) in [4.78, 5) is 14.8. The van der Waals surface area contributed by atoms with E-state index in [9.17, 15) is 4.79 Å². The Hall–Kier alpha value is -2.16. The van der Waals surface area contributed by atoms with Gasteiger partial charge in [-0.3, -0.25) is 9.69 Å². The van der Waals surface area contributed by atoms with Crippen LogP contribution in [0.3, 0.4) is 0 Å². The highest BCUT2D eigenvalue weighted by Crippen LogP contribution is 2.28. The number of hydrogen-bond donors (Lipinski definition) is 1. The number of amides is 1. The van der Waals surface area contributed by atoms with Crippen molar-refractivity contribution in [2.24, 2.45) is 5.92 Å². The van der Waals surface area contributed by atoms with Crippen molar-refractivity contribution in [2.75, 3.05) is 13.1 Å². The molecule has 0 unspecified atom stereocenters. The van der Waals surface area contributed by atoms with Gasteiger partial charge in [0.1, 0.15) is 0 Å². The molecule has 1 amide bonds. The zero-order valence-corrected chi connectivity index (χ0v) is 17.7. The van der Waals surface area contributed by atoms with Crippen molar-refractivity contribution >= 4 is 17.2 Å². The first-order valence-electron chi connectivity index (χ1n) is 10.7. The Balaban J connectivity index is 1.17. The minimum atomic E-state index is 0.165. The number of fused-ring (bicyclic) bond motifs is 1. The van der Waals surface area contributed by atoms with Crippen LogP contribution < -0.4 is 5.32 Å². The van der Waals surface area contributed by atoms with Gasteiger partial charge in [-0.15, -0.1) is 0 Å². The van der Waals surface area contributed by atoms with Crippen molar-refractivity contribution in [1.82, 2.24) is 10.2 Å². The molecule has 1 aliphatic carbocycles. The maximum Gasteiger partial charge on any atom is 0.224 e. The molecular formula is C24H29N3OS. The maximum atomic E-state index is 12.2. The summed E-state index contributed by atoms with van der Waals surface area (Å²) < 4.78 is 0. The Morgan fingerprint density at radius 3 is 2.83 bits per heavy atom. The highest BCUT2D eigenvalue weighted by molar-refractivity contribution is 7.08. The van der Waals surface area contributed by atoms with E-state index in [1.807, 2.05) is 17.5 Å². The number of nitriles is 1. The lowest BCUT2D eigenvalue weighted by Crippen LogP contribution is -2.39. The van der Waals surface area contributed by atoms with E-state index < -0.39 is 0 Å². The van der Waals surface area contributed by atoms with Crippen LogP contribution in [-0.4, -0.2) is 29.9 Å². The van der Waals surface area contributed by atoms with Gasteiger partial charge in [0.25, 0.3) is 0 Å². The summed E-state index contributed by atoms with van der Waals surface area (Å²) in [6, 6.07) is 10.8. The molecule has 152 valence electrons. The molecule has 0 saturated heterocycles. The van der Waals surface area contributed by atoms with Crippen LogP contribution in [-0.2, 0) is 24.2 Å². The molecule has 1 aromatic heterocycles. The lowest BCUT2D eigenvalue weighted by atomic mass is 9.83. The van der Waals surface area contributed by atoms with Crippen LogP contribution in [0, 0.1) is 17.2 Å². The Morgan fingerprint density at radius 1 is 1.21 bits per heavy atom. The third-order valence-corrected chi connectivity index (χ3v) is 7.17. The molecule has 0 bridgehead atoms. The molecule has 4 rings (SSSR count). The van der Waals surface area contributed by atoms with Crippen molar-refractivity contribution in [1.29, 1.82) is 5.26 Å². The first kappa shape index (κ1) is 20.1. The number of carbonyl (C=O) groups is 1. The zero-order valence-electron chi connectivity index (χ0n) is 16.9. The van der Waals surface area contributed by atoms with Gasteiger partial charge in [-0.25, -0.2) is 0 Å². The fraction of sp³-hybridized carbons (Fsp3) is 0.500. The van der Waals surface area contributed by atoms with Crippen LogP contribution in [0.2, 0.25) is 0 Å². The normalized spacial score (nSPS) is 21.9. The summed E-state index contributed by atoms with van der Waals surface area (Å²) in [6.45, 7) is 3.25. The fourth-order valence-electron chi connectivity index (χ4n) is 4.69. The van der Waals surface area contributed by atoms with Crippen LogP contribution in [0.4, 0.5) is 0 Å². The number of hydrogen-bond acceptors (Lipinski definition) is 4. The van der Waals surface area contributed by atoms with Gasteiger partial charge in [0.05, 0.1) is 18.1 Å². The van der Waals surface area contributed by atoms with Gasteiger partial charge in [-0.2, -0.15) is 16.6 Å². The van der Waals surface area contributed by atoms with E-state index in [1.165, 1.54) is 30.4 Å². The third kappa shape index (κ3) is 5.46. The zero-order chi connectivity index (χ0) is 20.1. The topological polar surface area (TPSA) is 56.1 Å². The van der Waals surface area contributed by atoms with Gasteiger partial charge in [0, 0.05) is 19.1 Å². The molecule has 1 fully saturated rings. The average Bonchev–Trinajstić information content (AvgIpc) is 3.25. The molecule has 0 radical (unpaired) electrons. The number of thiophene rings is 1. The fourth-order valence-corrected chi connectivity index (χ4v) is 5.36. The molecule has 29 heavy (non-hydrogen) atoms. The summed E-state index contributed by atoms with van der Waals surface area (Å²) in [7, 11) is 0. The number of carbonyl (C=O) groups excluding carboxylic acids is 1. The highest BCUT2D eigenvalue weighted by Gasteiger charge is 2.24. The monoisotopic (exact) mass is 407 g/mol. The van der Waals surface area contributed by atoms with Crippen molar-refractivity contribution < 1.29 is 4.79 Å². The first-order chi connectivity index (χ1) is 14.2. The van der Waals surface area contributed by atoms with Crippen molar-refractivity contribution in [2.45, 2.75) is 57.5 Å². The lowest BCUT2D eigenvalue weighted by Gasteiger charge is -2.33. The molecule has 4 nitrogen and oxygen atoms in total. The Kier molecular flexibility index (Phi) is 6.63. The molecule has 2 aromatic rings. The van der Waals surface area contributed by atoms with Crippen LogP contribution in [0.25, 0.3) is 0 Å². The average molecular weight is 408 g/mol. The van der Waals surface area contributed by atoms with E-state index >= 15 is 0 Å². The Labute approximate surface area is 177 Å². The van der Waals surface area contributed by atoms with Crippen LogP contribution in [0.15, 0.2) is 35.0 Å². The lowest BCUT2D eigenvalue weighted by molar-refractivity contribution is -0.121. The number of benzene rings is 1. The summed E-state index contributed by atoms with van der Waals surface area (Å²) >= 11 is 1.65. The van der Waals surface area contributed by atoms with Crippen LogP contribution in [0.1, 0.15) is 54.4 Å². The minimum absolute atomic E-state index is 0.165. The SMILES string of the molecule is N#Cc1ccc2c(c1)CCN(CCC1CCC(NC(=O)Cc3ccsc3)CC1)C2. The van der Waals surface area contributed by atoms with E-state index in [-0.39, 0.29) is 5.91 Å². The number of nitrogens with zero attached hydrogens (tertiary/aromatic N) is 2.